The van der Waals surface area contributed by atoms with Crippen LogP contribution in [0.3, 0.4) is 0 Å². The number of aliphatic hydroxyl groups excluding tert-OH is 1. The van der Waals surface area contributed by atoms with Gasteiger partial charge in [0.25, 0.3) is 0 Å². The minimum Gasteiger partial charge on any atom is -0.396 e. The molecule has 0 amide bonds. The SMILES string of the molecule is CCNC(=NCc1cccc(S(=O)(=O)NC)c1)NCC1(CCO)CCCCC1. The average molecular weight is 411 g/mol. The minimum absolute atomic E-state index is 0.129. The Morgan fingerprint density at radius 1 is 1.21 bits per heavy atom. The Morgan fingerprint density at radius 2 is 1.96 bits per heavy atom. The highest BCUT2D eigenvalue weighted by molar-refractivity contribution is 7.89. The molecule has 0 radical (unpaired) electrons. The molecule has 1 saturated carbocycles. The fourth-order valence-corrected chi connectivity index (χ4v) is 4.57. The molecule has 7 nitrogen and oxygen atoms in total. The van der Waals surface area contributed by atoms with Crippen molar-refractivity contribution in [1.29, 1.82) is 0 Å². The van der Waals surface area contributed by atoms with Crippen LogP contribution < -0.4 is 15.4 Å². The number of guanidine groups is 1. The Hall–Kier alpha value is -1.64. The molecule has 0 aliphatic heterocycles. The third-order valence-electron chi connectivity index (χ3n) is 5.43. The Bertz CT molecular complexity index is 738. The number of sulfonamides is 1. The Labute approximate surface area is 169 Å². The van der Waals surface area contributed by atoms with Crippen LogP contribution >= 0.6 is 0 Å². The highest BCUT2D eigenvalue weighted by Crippen LogP contribution is 2.38. The quantitative estimate of drug-likeness (QED) is 0.368. The van der Waals surface area contributed by atoms with E-state index >= 15 is 0 Å². The summed E-state index contributed by atoms with van der Waals surface area (Å²) in [4.78, 5) is 4.87. The summed E-state index contributed by atoms with van der Waals surface area (Å²) in [7, 11) is -2.06. The van der Waals surface area contributed by atoms with Crippen molar-refractivity contribution in [2.75, 3.05) is 26.7 Å². The highest BCUT2D eigenvalue weighted by atomic mass is 32.2. The fourth-order valence-electron chi connectivity index (χ4n) is 3.77. The van der Waals surface area contributed by atoms with Crippen molar-refractivity contribution in [1.82, 2.24) is 15.4 Å². The third kappa shape index (κ3) is 6.46. The summed E-state index contributed by atoms with van der Waals surface area (Å²) in [6.45, 7) is 4.14. The number of hydrogen-bond donors (Lipinski definition) is 4. The molecule has 0 aromatic heterocycles. The lowest BCUT2D eigenvalue weighted by molar-refractivity contribution is 0.131. The summed E-state index contributed by atoms with van der Waals surface area (Å²) in [5.74, 6) is 0.715. The van der Waals surface area contributed by atoms with E-state index in [2.05, 4.69) is 20.3 Å². The first-order valence-corrected chi connectivity index (χ1v) is 11.6. The first-order valence-electron chi connectivity index (χ1n) is 10.1. The lowest BCUT2D eigenvalue weighted by Gasteiger charge is -2.37. The van der Waals surface area contributed by atoms with E-state index in [1.807, 2.05) is 13.0 Å². The summed E-state index contributed by atoms with van der Waals surface area (Å²) >= 11 is 0. The minimum atomic E-state index is -3.46. The maximum absolute atomic E-state index is 12.0. The lowest BCUT2D eigenvalue weighted by Crippen LogP contribution is -2.44. The van der Waals surface area contributed by atoms with Crippen LogP contribution in [0.5, 0.6) is 0 Å². The smallest absolute Gasteiger partial charge is 0.240 e. The second-order valence-corrected chi connectivity index (χ2v) is 9.32. The molecule has 0 atom stereocenters. The number of nitrogens with zero attached hydrogens (tertiary/aromatic N) is 1. The van der Waals surface area contributed by atoms with Crippen LogP contribution in [-0.4, -0.2) is 46.2 Å². The van der Waals surface area contributed by atoms with Crippen molar-refractivity contribution < 1.29 is 13.5 Å². The molecular formula is C20H34N4O3S. The van der Waals surface area contributed by atoms with Gasteiger partial charge in [0.15, 0.2) is 5.96 Å². The maximum Gasteiger partial charge on any atom is 0.240 e. The molecule has 0 unspecified atom stereocenters. The molecule has 0 bridgehead atoms. The number of nitrogens with one attached hydrogen (secondary N) is 3. The van der Waals surface area contributed by atoms with Gasteiger partial charge in [0.2, 0.25) is 10.0 Å². The zero-order chi connectivity index (χ0) is 20.5. The van der Waals surface area contributed by atoms with Crippen LogP contribution in [0.2, 0.25) is 0 Å². The van der Waals surface area contributed by atoms with Gasteiger partial charge in [-0.3, -0.25) is 0 Å². The molecule has 2 rings (SSSR count). The van der Waals surface area contributed by atoms with Crippen LogP contribution in [0.15, 0.2) is 34.2 Å². The molecule has 1 fully saturated rings. The largest absolute Gasteiger partial charge is 0.396 e. The van der Waals surface area contributed by atoms with Gasteiger partial charge in [-0.05, 0) is 56.3 Å². The molecular weight excluding hydrogens is 376 g/mol. The van der Waals surface area contributed by atoms with E-state index in [4.69, 9.17) is 0 Å². The molecule has 4 N–H and O–H groups in total. The first kappa shape index (κ1) is 22.6. The van der Waals surface area contributed by atoms with E-state index in [-0.39, 0.29) is 16.9 Å². The molecule has 0 saturated heterocycles. The van der Waals surface area contributed by atoms with Gasteiger partial charge in [0.1, 0.15) is 0 Å². The first-order chi connectivity index (χ1) is 13.4. The average Bonchev–Trinajstić information content (AvgIpc) is 2.71. The third-order valence-corrected chi connectivity index (χ3v) is 6.84. The van der Waals surface area contributed by atoms with E-state index in [1.54, 1.807) is 18.2 Å². The van der Waals surface area contributed by atoms with Gasteiger partial charge in [-0.2, -0.15) is 0 Å². The Balaban J connectivity index is 2.07. The molecule has 28 heavy (non-hydrogen) atoms. The van der Waals surface area contributed by atoms with Gasteiger partial charge in [-0.25, -0.2) is 18.1 Å². The van der Waals surface area contributed by atoms with Gasteiger partial charge < -0.3 is 15.7 Å². The predicted molar refractivity (Wildman–Crippen MR) is 113 cm³/mol. The van der Waals surface area contributed by atoms with Crippen LogP contribution in [0.25, 0.3) is 0 Å². The number of aliphatic hydroxyl groups is 1. The van der Waals surface area contributed by atoms with E-state index in [0.29, 0.717) is 12.5 Å². The second-order valence-electron chi connectivity index (χ2n) is 7.44. The molecule has 0 spiro atoms. The number of rotatable bonds is 9. The molecule has 1 aromatic carbocycles. The normalized spacial score (nSPS) is 17.3. The predicted octanol–water partition coefficient (Wildman–Crippen LogP) is 1.98. The van der Waals surface area contributed by atoms with E-state index < -0.39 is 10.0 Å². The van der Waals surface area contributed by atoms with Crippen molar-refractivity contribution in [2.45, 2.75) is 56.9 Å². The van der Waals surface area contributed by atoms with Crippen molar-refractivity contribution in [3.05, 3.63) is 29.8 Å². The van der Waals surface area contributed by atoms with Gasteiger partial charge in [0.05, 0.1) is 11.4 Å². The molecule has 0 heterocycles. The molecule has 8 heteroatoms. The number of aliphatic imine (C=N–C) groups is 1. The standard InChI is InChI=1S/C20H34N4O3S/c1-3-22-19(24-16-20(12-13-25)10-5-4-6-11-20)23-15-17-8-7-9-18(14-17)28(26,27)21-2/h7-9,14,21,25H,3-6,10-13,15-16H2,1-2H3,(H2,22,23,24). The van der Waals surface area contributed by atoms with Gasteiger partial charge in [0, 0.05) is 19.7 Å². The van der Waals surface area contributed by atoms with Gasteiger partial charge >= 0.3 is 0 Å². The Morgan fingerprint density at radius 3 is 2.61 bits per heavy atom. The monoisotopic (exact) mass is 410 g/mol. The van der Waals surface area contributed by atoms with E-state index in [1.165, 1.54) is 26.3 Å². The van der Waals surface area contributed by atoms with Crippen LogP contribution in [0.1, 0.15) is 51.0 Å². The lowest BCUT2D eigenvalue weighted by atomic mass is 9.72. The van der Waals surface area contributed by atoms with Crippen LogP contribution in [0, 0.1) is 5.41 Å². The zero-order valence-electron chi connectivity index (χ0n) is 17.0. The molecule has 1 aliphatic carbocycles. The van der Waals surface area contributed by atoms with Crippen molar-refractivity contribution in [3.8, 4) is 0 Å². The zero-order valence-corrected chi connectivity index (χ0v) is 17.8. The summed E-state index contributed by atoms with van der Waals surface area (Å²) in [6, 6.07) is 6.82. The second kappa shape index (κ2) is 10.8. The van der Waals surface area contributed by atoms with Crippen LogP contribution in [0.4, 0.5) is 0 Å². The van der Waals surface area contributed by atoms with E-state index in [0.717, 1.165) is 37.9 Å². The molecule has 1 aromatic rings. The summed E-state index contributed by atoms with van der Waals surface area (Å²) in [5.41, 5.74) is 0.959. The Kier molecular flexibility index (Phi) is 8.72. The van der Waals surface area contributed by atoms with Gasteiger partial charge in [-0.1, -0.05) is 31.4 Å². The van der Waals surface area contributed by atoms with Crippen molar-refractivity contribution >= 4 is 16.0 Å². The number of benzene rings is 1. The number of hydrogen-bond acceptors (Lipinski definition) is 4. The summed E-state index contributed by atoms with van der Waals surface area (Å²) in [6.07, 6.45) is 6.76. The highest BCUT2D eigenvalue weighted by Gasteiger charge is 2.31. The van der Waals surface area contributed by atoms with Crippen molar-refractivity contribution in [3.63, 3.8) is 0 Å². The van der Waals surface area contributed by atoms with Crippen molar-refractivity contribution in [2.24, 2.45) is 10.4 Å². The summed E-state index contributed by atoms with van der Waals surface area (Å²) < 4.78 is 26.3. The molecule has 158 valence electrons. The maximum atomic E-state index is 12.0. The molecule has 1 aliphatic rings. The van der Waals surface area contributed by atoms with Crippen LogP contribution in [-0.2, 0) is 16.6 Å². The summed E-state index contributed by atoms with van der Waals surface area (Å²) in [5, 5.41) is 16.2. The van der Waals surface area contributed by atoms with E-state index in [9.17, 15) is 13.5 Å². The topological polar surface area (TPSA) is 103 Å². The fraction of sp³-hybridized carbons (Fsp3) is 0.650. The van der Waals surface area contributed by atoms with Gasteiger partial charge in [-0.15, -0.1) is 0 Å².